The third kappa shape index (κ3) is 7.30. The molecule has 0 aliphatic heterocycles. The van der Waals surface area contributed by atoms with Crippen LogP contribution in [-0.4, -0.2) is 0 Å². The summed E-state index contributed by atoms with van der Waals surface area (Å²) >= 11 is 0. The van der Waals surface area contributed by atoms with Crippen molar-refractivity contribution in [3.05, 3.63) is 0 Å². The van der Waals surface area contributed by atoms with Gasteiger partial charge in [-0.2, -0.15) is 0 Å². The number of unbranched alkanes of at least 4 members (excludes halogenated alkanes) is 3. The third-order valence-electron chi connectivity index (χ3n) is 3.94. The molecule has 0 aromatic carbocycles. The van der Waals surface area contributed by atoms with Crippen LogP contribution in [-0.2, 0) is 0 Å². The summed E-state index contributed by atoms with van der Waals surface area (Å²) in [4.78, 5) is 0. The average molecular weight is 226 g/mol. The van der Waals surface area contributed by atoms with Gasteiger partial charge in [-0.1, -0.05) is 91.9 Å². The summed E-state index contributed by atoms with van der Waals surface area (Å²) in [6.45, 7) is 9.37. The molecule has 98 valence electrons. The Morgan fingerprint density at radius 1 is 0.562 bits per heavy atom. The summed E-state index contributed by atoms with van der Waals surface area (Å²) in [6.07, 6.45) is 14.3. The minimum Gasteiger partial charge on any atom is -0.0654 e. The lowest BCUT2D eigenvalue weighted by Crippen LogP contribution is -2.14. The maximum absolute atomic E-state index is 2.38. The molecule has 0 bridgehead atoms. The first-order valence-electron chi connectivity index (χ1n) is 7.79. The molecule has 0 radical (unpaired) electrons. The topological polar surface area (TPSA) is 0 Å². The molecule has 0 spiro atoms. The second-order valence-electron chi connectivity index (χ2n) is 5.36. The molecule has 2 unspecified atom stereocenters. The second-order valence-corrected chi connectivity index (χ2v) is 5.36. The standard InChI is InChI=1S/C16H34/c1-5-9-10-11-14-16(13-7-3)15(8-4)12-6-2/h15-16H,5-14H2,1-4H3. The fourth-order valence-electron chi connectivity index (χ4n) is 2.96. The molecular weight excluding hydrogens is 192 g/mol. The van der Waals surface area contributed by atoms with Crippen molar-refractivity contribution in [3.63, 3.8) is 0 Å². The number of rotatable bonds is 11. The van der Waals surface area contributed by atoms with E-state index in [0.29, 0.717) is 0 Å². The summed E-state index contributed by atoms with van der Waals surface area (Å²) in [5, 5.41) is 0. The maximum Gasteiger partial charge on any atom is -0.0386 e. The Labute approximate surface area is 104 Å². The Morgan fingerprint density at radius 2 is 1.19 bits per heavy atom. The summed E-state index contributed by atoms with van der Waals surface area (Å²) in [5.74, 6) is 2.03. The Balaban J connectivity index is 3.91. The fourth-order valence-corrected chi connectivity index (χ4v) is 2.96. The van der Waals surface area contributed by atoms with Crippen LogP contribution in [0.3, 0.4) is 0 Å². The van der Waals surface area contributed by atoms with Gasteiger partial charge >= 0.3 is 0 Å². The molecule has 0 aromatic heterocycles. The van der Waals surface area contributed by atoms with Crippen LogP contribution in [0.25, 0.3) is 0 Å². The van der Waals surface area contributed by atoms with Crippen molar-refractivity contribution >= 4 is 0 Å². The molecule has 0 fully saturated rings. The van der Waals surface area contributed by atoms with E-state index in [4.69, 9.17) is 0 Å². The van der Waals surface area contributed by atoms with E-state index in [-0.39, 0.29) is 0 Å². The lowest BCUT2D eigenvalue weighted by molar-refractivity contribution is 0.259. The van der Waals surface area contributed by atoms with Crippen molar-refractivity contribution in [3.8, 4) is 0 Å². The third-order valence-corrected chi connectivity index (χ3v) is 3.94. The Morgan fingerprint density at radius 3 is 1.69 bits per heavy atom. The lowest BCUT2D eigenvalue weighted by atomic mass is 9.80. The Bertz CT molecular complexity index is 128. The summed E-state index contributed by atoms with van der Waals surface area (Å²) in [6, 6.07) is 0. The first-order valence-corrected chi connectivity index (χ1v) is 7.79. The van der Waals surface area contributed by atoms with Crippen LogP contribution < -0.4 is 0 Å². The van der Waals surface area contributed by atoms with E-state index in [0.717, 1.165) is 11.8 Å². The van der Waals surface area contributed by atoms with Crippen LogP contribution in [0.1, 0.15) is 91.9 Å². The van der Waals surface area contributed by atoms with E-state index in [1.165, 1.54) is 64.2 Å². The highest BCUT2D eigenvalue weighted by Gasteiger charge is 2.17. The van der Waals surface area contributed by atoms with Gasteiger partial charge in [0.2, 0.25) is 0 Å². The van der Waals surface area contributed by atoms with Gasteiger partial charge in [0, 0.05) is 0 Å². The van der Waals surface area contributed by atoms with Gasteiger partial charge in [0.05, 0.1) is 0 Å². The molecule has 16 heavy (non-hydrogen) atoms. The first-order chi connectivity index (χ1) is 7.79. The maximum atomic E-state index is 2.38. The smallest absolute Gasteiger partial charge is 0.0386 e. The molecule has 0 saturated carbocycles. The molecule has 0 saturated heterocycles. The highest BCUT2D eigenvalue weighted by Crippen LogP contribution is 2.30. The summed E-state index contributed by atoms with van der Waals surface area (Å²) < 4.78 is 0. The van der Waals surface area contributed by atoms with Gasteiger partial charge in [-0.3, -0.25) is 0 Å². The van der Waals surface area contributed by atoms with Crippen molar-refractivity contribution in [1.82, 2.24) is 0 Å². The van der Waals surface area contributed by atoms with E-state index in [1.54, 1.807) is 0 Å². The van der Waals surface area contributed by atoms with Gasteiger partial charge in [-0.15, -0.1) is 0 Å². The number of hydrogen-bond donors (Lipinski definition) is 0. The van der Waals surface area contributed by atoms with E-state index in [1.807, 2.05) is 0 Å². The van der Waals surface area contributed by atoms with Gasteiger partial charge in [-0.25, -0.2) is 0 Å². The van der Waals surface area contributed by atoms with Crippen LogP contribution in [0.15, 0.2) is 0 Å². The predicted molar refractivity (Wildman–Crippen MR) is 75.8 cm³/mol. The van der Waals surface area contributed by atoms with E-state index >= 15 is 0 Å². The van der Waals surface area contributed by atoms with Crippen LogP contribution in [0.2, 0.25) is 0 Å². The molecule has 0 aromatic rings. The molecule has 0 heterocycles. The molecule has 0 aliphatic rings. The molecule has 0 aliphatic carbocycles. The van der Waals surface area contributed by atoms with Crippen molar-refractivity contribution in [1.29, 1.82) is 0 Å². The monoisotopic (exact) mass is 226 g/mol. The van der Waals surface area contributed by atoms with Gasteiger partial charge in [0.25, 0.3) is 0 Å². The SMILES string of the molecule is CCCCCCC(CCC)C(CC)CCC. The van der Waals surface area contributed by atoms with Crippen LogP contribution in [0, 0.1) is 11.8 Å². The molecule has 0 heteroatoms. The van der Waals surface area contributed by atoms with Gasteiger partial charge < -0.3 is 0 Å². The summed E-state index contributed by atoms with van der Waals surface area (Å²) in [7, 11) is 0. The first kappa shape index (κ1) is 16.0. The zero-order valence-electron chi connectivity index (χ0n) is 12.2. The van der Waals surface area contributed by atoms with Crippen molar-refractivity contribution in [2.24, 2.45) is 11.8 Å². The number of hydrogen-bond acceptors (Lipinski definition) is 0. The minimum absolute atomic E-state index is 1.01. The fraction of sp³-hybridized carbons (Fsp3) is 1.00. The molecule has 0 nitrogen and oxygen atoms in total. The van der Waals surface area contributed by atoms with Crippen LogP contribution in [0.5, 0.6) is 0 Å². The molecular formula is C16H34. The zero-order chi connectivity index (χ0) is 12.2. The highest BCUT2D eigenvalue weighted by molar-refractivity contribution is 4.69. The van der Waals surface area contributed by atoms with E-state index in [9.17, 15) is 0 Å². The van der Waals surface area contributed by atoms with Crippen molar-refractivity contribution < 1.29 is 0 Å². The normalized spacial score (nSPS) is 15.0. The molecule has 0 N–H and O–H groups in total. The van der Waals surface area contributed by atoms with Crippen LogP contribution in [0.4, 0.5) is 0 Å². The Kier molecular flexibility index (Phi) is 11.5. The van der Waals surface area contributed by atoms with Crippen LogP contribution >= 0.6 is 0 Å². The van der Waals surface area contributed by atoms with Crippen molar-refractivity contribution in [2.45, 2.75) is 91.9 Å². The average Bonchev–Trinajstić information content (AvgIpc) is 2.30. The second kappa shape index (κ2) is 11.5. The predicted octanol–water partition coefficient (Wildman–Crippen LogP) is 6.20. The van der Waals surface area contributed by atoms with Gasteiger partial charge in [-0.05, 0) is 11.8 Å². The zero-order valence-corrected chi connectivity index (χ0v) is 12.2. The van der Waals surface area contributed by atoms with E-state index in [2.05, 4.69) is 27.7 Å². The summed E-state index contributed by atoms with van der Waals surface area (Å²) in [5.41, 5.74) is 0. The van der Waals surface area contributed by atoms with E-state index < -0.39 is 0 Å². The highest BCUT2D eigenvalue weighted by atomic mass is 14.2. The largest absolute Gasteiger partial charge is 0.0654 e. The minimum atomic E-state index is 1.01. The van der Waals surface area contributed by atoms with Gasteiger partial charge in [0.15, 0.2) is 0 Å². The quantitative estimate of drug-likeness (QED) is 0.368. The van der Waals surface area contributed by atoms with Gasteiger partial charge in [0.1, 0.15) is 0 Å². The molecule has 0 rings (SSSR count). The van der Waals surface area contributed by atoms with Crippen molar-refractivity contribution in [2.75, 3.05) is 0 Å². The lowest BCUT2D eigenvalue weighted by Gasteiger charge is -2.26. The Hall–Kier alpha value is 0. The molecule has 0 amide bonds. The molecule has 2 atom stereocenters.